The molecular formula is C20H20N4O4S. The Morgan fingerprint density at radius 1 is 1.00 bits per heavy atom. The molecule has 9 heteroatoms. The molecule has 0 saturated heterocycles. The standard InChI is InChI=1S/C20H20N4O4S/c1-28-18-3-2-4-19(13-18)29(26,27)24-17-7-5-16(6-8-17)23-20(25)22-14-15-9-11-21-12-10-15/h2-13,24H,14H2,1H3,(H2,22,23,25). The van der Waals surface area contributed by atoms with E-state index in [0.717, 1.165) is 5.56 Å². The van der Waals surface area contributed by atoms with E-state index in [1.807, 2.05) is 12.1 Å². The highest BCUT2D eigenvalue weighted by molar-refractivity contribution is 7.92. The maximum Gasteiger partial charge on any atom is 0.319 e. The van der Waals surface area contributed by atoms with Gasteiger partial charge in [-0.2, -0.15) is 0 Å². The lowest BCUT2D eigenvalue weighted by Gasteiger charge is -2.11. The summed E-state index contributed by atoms with van der Waals surface area (Å²) in [5, 5.41) is 5.42. The van der Waals surface area contributed by atoms with E-state index >= 15 is 0 Å². The minimum Gasteiger partial charge on any atom is -0.497 e. The molecule has 0 aliphatic carbocycles. The van der Waals surface area contributed by atoms with Crippen LogP contribution >= 0.6 is 0 Å². The van der Waals surface area contributed by atoms with Crippen molar-refractivity contribution >= 4 is 27.4 Å². The van der Waals surface area contributed by atoms with E-state index < -0.39 is 10.0 Å². The third-order valence-corrected chi connectivity index (χ3v) is 5.33. The maximum atomic E-state index is 12.5. The van der Waals surface area contributed by atoms with Gasteiger partial charge in [0.2, 0.25) is 0 Å². The topological polar surface area (TPSA) is 109 Å². The van der Waals surface area contributed by atoms with Crippen LogP contribution in [0, 0.1) is 0 Å². The quantitative estimate of drug-likeness (QED) is 0.552. The molecule has 0 unspecified atom stereocenters. The summed E-state index contributed by atoms with van der Waals surface area (Å²) in [6.07, 6.45) is 3.31. The van der Waals surface area contributed by atoms with Crippen LogP contribution in [0.2, 0.25) is 0 Å². The molecule has 0 bridgehead atoms. The third-order valence-electron chi connectivity index (χ3n) is 3.95. The number of amides is 2. The Morgan fingerprint density at radius 3 is 2.38 bits per heavy atom. The fraction of sp³-hybridized carbons (Fsp3) is 0.100. The highest BCUT2D eigenvalue weighted by atomic mass is 32.2. The first-order valence-electron chi connectivity index (χ1n) is 8.67. The number of nitrogens with one attached hydrogen (secondary N) is 3. The molecule has 0 saturated carbocycles. The molecule has 0 aliphatic heterocycles. The largest absolute Gasteiger partial charge is 0.497 e. The number of carbonyl (C=O) groups excluding carboxylic acids is 1. The maximum absolute atomic E-state index is 12.5. The Balaban J connectivity index is 1.58. The number of sulfonamides is 1. The predicted octanol–water partition coefficient (Wildman–Crippen LogP) is 3.21. The minimum atomic E-state index is -3.76. The van der Waals surface area contributed by atoms with E-state index in [2.05, 4.69) is 20.3 Å². The second-order valence-corrected chi connectivity index (χ2v) is 7.71. The van der Waals surface area contributed by atoms with Crippen molar-refractivity contribution in [2.45, 2.75) is 11.4 Å². The van der Waals surface area contributed by atoms with E-state index in [1.54, 1.807) is 48.8 Å². The van der Waals surface area contributed by atoms with Gasteiger partial charge in [0.25, 0.3) is 10.0 Å². The van der Waals surface area contributed by atoms with Crippen LogP contribution in [0.15, 0.2) is 78.0 Å². The van der Waals surface area contributed by atoms with E-state index in [9.17, 15) is 13.2 Å². The molecule has 8 nitrogen and oxygen atoms in total. The molecule has 2 aromatic carbocycles. The molecule has 0 spiro atoms. The van der Waals surface area contributed by atoms with Gasteiger partial charge in [-0.15, -0.1) is 0 Å². The third kappa shape index (κ3) is 5.69. The van der Waals surface area contributed by atoms with Crippen molar-refractivity contribution in [2.24, 2.45) is 0 Å². The lowest BCUT2D eigenvalue weighted by Crippen LogP contribution is -2.28. The fourth-order valence-electron chi connectivity index (χ4n) is 2.46. The average Bonchev–Trinajstić information content (AvgIpc) is 2.74. The van der Waals surface area contributed by atoms with Crippen LogP contribution in [0.3, 0.4) is 0 Å². The summed E-state index contributed by atoms with van der Waals surface area (Å²) in [6.45, 7) is 0.368. The van der Waals surface area contributed by atoms with Gasteiger partial charge in [0.05, 0.1) is 12.0 Å². The summed E-state index contributed by atoms with van der Waals surface area (Å²) in [5.41, 5.74) is 1.83. The van der Waals surface area contributed by atoms with Crippen molar-refractivity contribution in [1.29, 1.82) is 0 Å². The van der Waals surface area contributed by atoms with E-state index in [4.69, 9.17) is 4.74 Å². The Morgan fingerprint density at radius 2 is 1.69 bits per heavy atom. The number of carbonyl (C=O) groups is 1. The molecule has 1 aromatic heterocycles. The molecule has 29 heavy (non-hydrogen) atoms. The molecule has 3 N–H and O–H groups in total. The van der Waals surface area contributed by atoms with Crippen LogP contribution in [0.4, 0.5) is 16.2 Å². The predicted molar refractivity (Wildman–Crippen MR) is 110 cm³/mol. The Hall–Kier alpha value is -3.59. The smallest absolute Gasteiger partial charge is 0.319 e. The number of urea groups is 1. The summed E-state index contributed by atoms with van der Waals surface area (Å²) in [4.78, 5) is 16.0. The van der Waals surface area contributed by atoms with E-state index in [0.29, 0.717) is 23.7 Å². The number of benzene rings is 2. The summed E-state index contributed by atoms with van der Waals surface area (Å²) in [5.74, 6) is 0.449. The van der Waals surface area contributed by atoms with Crippen LogP contribution in [0.5, 0.6) is 5.75 Å². The molecule has 0 aliphatic rings. The zero-order valence-electron chi connectivity index (χ0n) is 15.6. The van der Waals surface area contributed by atoms with Gasteiger partial charge in [-0.25, -0.2) is 13.2 Å². The highest BCUT2D eigenvalue weighted by Crippen LogP contribution is 2.21. The Kier molecular flexibility index (Phi) is 6.30. The Bertz CT molecular complexity index is 1070. The lowest BCUT2D eigenvalue weighted by atomic mass is 10.3. The second kappa shape index (κ2) is 9.07. The number of methoxy groups -OCH3 is 1. The van der Waals surface area contributed by atoms with Crippen molar-refractivity contribution in [1.82, 2.24) is 10.3 Å². The van der Waals surface area contributed by atoms with E-state index in [1.165, 1.54) is 19.2 Å². The molecule has 0 fully saturated rings. The first kappa shape index (κ1) is 20.2. The zero-order chi connectivity index (χ0) is 20.7. The van der Waals surface area contributed by atoms with Crippen LogP contribution in [0.25, 0.3) is 0 Å². The van der Waals surface area contributed by atoms with Crippen molar-refractivity contribution < 1.29 is 17.9 Å². The first-order valence-corrected chi connectivity index (χ1v) is 10.2. The molecule has 0 atom stereocenters. The number of pyridine rings is 1. The molecule has 2 amide bonds. The summed E-state index contributed by atoms with van der Waals surface area (Å²) in [6, 6.07) is 15.8. The van der Waals surface area contributed by atoms with Gasteiger partial charge in [-0.3, -0.25) is 9.71 Å². The van der Waals surface area contributed by atoms with E-state index in [-0.39, 0.29) is 10.9 Å². The normalized spacial score (nSPS) is 10.8. The molecule has 1 heterocycles. The number of ether oxygens (including phenoxy) is 1. The minimum absolute atomic E-state index is 0.0922. The summed E-state index contributed by atoms with van der Waals surface area (Å²) >= 11 is 0. The number of nitrogens with zero attached hydrogens (tertiary/aromatic N) is 1. The zero-order valence-corrected chi connectivity index (χ0v) is 16.4. The SMILES string of the molecule is COc1cccc(S(=O)(=O)Nc2ccc(NC(=O)NCc3ccncc3)cc2)c1. The van der Waals surface area contributed by atoms with Gasteiger partial charge in [-0.1, -0.05) is 6.07 Å². The van der Waals surface area contributed by atoms with Gasteiger partial charge < -0.3 is 15.4 Å². The monoisotopic (exact) mass is 412 g/mol. The second-order valence-electron chi connectivity index (χ2n) is 6.02. The molecule has 150 valence electrons. The molecule has 0 radical (unpaired) electrons. The van der Waals surface area contributed by atoms with Crippen molar-refractivity contribution in [2.75, 3.05) is 17.1 Å². The fourth-order valence-corrected chi connectivity index (χ4v) is 3.56. The van der Waals surface area contributed by atoms with Gasteiger partial charge in [0.1, 0.15) is 5.75 Å². The van der Waals surface area contributed by atoms with Gasteiger partial charge >= 0.3 is 6.03 Å². The number of rotatable bonds is 7. The van der Waals surface area contributed by atoms with Crippen LogP contribution in [0.1, 0.15) is 5.56 Å². The lowest BCUT2D eigenvalue weighted by molar-refractivity contribution is 0.251. The number of anilines is 2. The van der Waals surface area contributed by atoms with Crippen LogP contribution in [-0.2, 0) is 16.6 Å². The molecular weight excluding hydrogens is 392 g/mol. The Labute approximate surface area is 169 Å². The van der Waals surface area contributed by atoms with Crippen molar-refractivity contribution in [3.63, 3.8) is 0 Å². The molecule has 3 rings (SSSR count). The highest BCUT2D eigenvalue weighted by Gasteiger charge is 2.15. The molecule has 3 aromatic rings. The number of aromatic nitrogens is 1. The van der Waals surface area contributed by atoms with Gasteiger partial charge in [0, 0.05) is 36.4 Å². The van der Waals surface area contributed by atoms with Crippen LogP contribution in [-0.4, -0.2) is 26.5 Å². The first-order chi connectivity index (χ1) is 14.0. The van der Waals surface area contributed by atoms with Gasteiger partial charge in [0.15, 0.2) is 0 Å². The number of hydrogen-bond donors (Lipinski definition) is 3. The number of hydrogen-bond acceptors (Lipinski definition) is 5. The van der Waals surface area contributed by atoms with Crippen molar-refractivity contribution in [3.8, 4) is 5.75 Å². The summed E-state index contributed by atoms with van der Waals surface area (Å²) in [7, 11) is -2.29. The van der Waals surface area contributed by atoms with Gasteiger partial charge in [-0.05, 0) is 54.1 Å². The van der Waals surface area contributed by atoms with Crippen LogP contribution < -0.4 is 20.1 Å². The summed E-state index contributed by atoms with van der Waals surface area (Å²) < 4.78 is 32.6. The average molecular weight is 412 g/mol. The van der Waals surface area contributed by atoms with Crippen molar-refractivity contribution in [3.05, 3.63) is 78.6 Å².